The first-order chi connectivity index (χ1) is 10.0. The SMILES string of the molecule is COc1cccc(C(N)c2c(Cl)cnn2CCN(C)C)c1. The molecule has 0 saturated carbocycles. The molecule has 0 amide bonds. The average Bonchev–Trinajstić information content (AvgIpc) is 2.85. The Labute approximate surface area is 130 Å². The molecule has 0 aliphatic heterocycles. The standard InChI is InChI=1S/C15H21ClN4O/c1-19(2)7-8-20-15(13(16)10-18-20)14(17)11-5-4-6-12(9-11)21-3/h4-6,9-10,14H,7-8,17H2,1-3H3. The lowest BCUT2D eigenvalue weighted by molar-refractivity contribution is 0.368. The zero-order valence-corrected chi connectivity index (χ0v) is 13.3. The molecule has 1 aromatic heterocycles. The number of likely N-dealkylation sites (N-methyl/N-ethyl adjacent to an activating group) is 1. The number of halogens is 1. The third kappa shape index (κ3) is 3.75. The molecule has 1 heterocycles. The average molecular weight is 309 g/mol. The number of hydrogen-bond acceptors (Lipinski definition) is 4. The molecule has 6 heteroatoms. The summed E-state index contributed by atoms with van der Waals surface area (Å²) in [6.45, 7) is 1.61. The van der Waals surface area contributed by atoms with Crippen LogP contribution in [0.25, 0.3) is 0 Å². The molecule has 0 fully saturated rings. The number of rotatable bonds is 6. The summed E-state index contributed by atoms with van der Waals surface area (Å²) in [5.41, 5.74) is 8.15. The summed E-state index contributed by atoms with van der Waals surface area (Å²) in [4.78, 5) is 2.09. The Bertz CT molecular complexity index is 597. The zero-order valence-electron chi connectivity index (χ0n) is 12.6. The van der Waals surface area contributed by atoms with Crippen LogP contribution in [0.2, 0.25) is 5.02 Å². The summed E-state index contributed by atoms with van der Waals surface area (Å²) in [6, 6.07) is 7.36. The first-order valence-electron chi connectivity index (χ1n) is 6.78. The second-order valence-electron chi connectivity index (χ2n) is 5.16. The van der Waals surface area contributed by atoms with Crippen molar-refractivity contribution < 1.29 is 4.74 Å². The molecule has 0 aliphatic carbocycles. The minimum atomic E-state index is -0.336. The monoisotopic (exact) mass is 308 g/mol. The molecule has 0 aliphatic rings. The van der Waals surface area contributed by atoms with Crippen molar-refractivity contribution in [2.45, 2.75) is 12.6 Å². The van der Waals surface area contributed by atoms with E-state index in [9.17, 15) is 0 Å². The fourth-order valence-electron chi connectivity index (χ4n) is 2.15. The van der Waals surface area contributed by atoms with Gasteiger partial charge in [-0.15, -0.1) is 0 Å². The molecular weight excluding hydrogens is 288 g/mol. The van der Waals surface area contributed by atoms with Gasteiger partial charge in [-0.3, -0.25) is 4.68 Å². The van der Waals surface area contributed by atoms with E-state index in [2.05, 4.69) is 10.00 Å². The van der Waals surface area contributed by atoms with Crippen molar-refractivity contribution in [3.8, 4) is 5.75 Å². The normalized spacial score (nSPS) is 12.7. The van der Waals surface area contributed by atoms with Crippen molar-refractivity contribution in [2.24, 2.45) is 5.73 Å². The molecule has 2 rings (SSSR count). The molecule has 2 aromatic rings. The van der Waals surface area contributed by atoms with Crippen LogP contribution < -0.4 is 10.5 Å². The molecule has 1 aromatic carbocycles. The molecule has 114 valence electrons. The minimum Gasteiger partial charge on any atom is -0.497 e. The van der Waals surface area contributed by atoms with E-state index in [1.165, 1.54) is 0 Å². The number of hydrogen-bond donors (Lipinski definition) is 1. The number of nitrogens with two attached hydrogens (primary N) is 1. The Hall–Kier alpha value is -1.56. The van der Waals surface area contributed by atoms with Gasteiger partial charge in [0.1, 0.15) is 5.75 Å². The molecule has 21 heavy (non-hydrogen) atoms. The van der Waals surface area contributed by atoms with Crippen LogP contribution in [0.1, 0.15) is 17.3 Å². The van der Waals surface area contributed by atoms with Gasteiger partial charge in [-0.25, -0.2) is 0 Å². The van der Waals surface area contributed by atoms with Gasteiger partial charge in [-0.05, 0) is 31.8 Å². The number of nitrogens with zero attached hydrogens (tertiary/aromatic N) is 3. The van der Waals surface area contributed by atoms with E-state index in [4.69, 9.17) is 22.1 Å². The lowest BCUT2D eigenvalue weighted by atomic mass is 10.0. The van der Waals surface area contributed by atoms with E-state index in [1.54, 1.807) is 13.3 Å². The number of ether oxygens (including phenoxy) is 1. The van der Waals surface area contributed by atoms with E-state index >= 15 is 0 Å². The van der Waals surface area contributed by atoms with Crippen molar-refractivity contribution in [3.63, 3.8) is 0 Å². The number of methoxy groups -OCH3 is 1. The van der Waals surface area contributed by atoms with Crippen molar-refractivity contribution >= 4 is 11.6 Å². The van der Waals surface area contributed by atoms with Crippen molar-refractivity contribution in [3.05, 3.63) is 46.7 Å². The van der Waals surface area contributed by atoms with Crippen LogP contribution in [0.5, 0.6) is 5.75 Å². The third-order valence-corrected chi connectivity index (χ3v) is 3.63. The summed E-state index contributed by atoms with van der Waals surface area (Å²) < 4.78 is 7.11. The van der Waals surface area contributed by atoms with Gasteiger partial charge in [0.05, 0.1) is 36.6 Å². The van der Waals surface area contributed by atoms with Crippen LogP contribution >= 0.6 is 11.6 Å². The molecule has 0 saturated heterocycles. The van der Waals surface area contributed by atoms with E-state index in [0.29, 0.717) is 5.02 Å². The van der Waals surface area contributed by atoms with E-state index in [1.807, 2.05) is 43.0 Å². The van der Waals surface area contributed by atoms with Crippen LogP contribution in [0.3, 0.4) is 0 Å². The van der Waals surface area contributed by atoms with E-state index in [-0.39, 0.29) is 6.04 Å². The van der Waals surface area contributed by atoms with Crippen molar-refractivity contribution in [1.82, 2.24) is 14.7 Å². The highest BCUT2D eigenvalue weighted by molar-refractivity contribution is 6.31. The highest BCUT2D eigenvalue weighted by Gasteiger charge is 2.19. The summed E-state index contributed by atoms with van der Waals surface area (Å²) in [7, 11) is 5.68. The molecule has 2 N–H and O–H groups in total. The summed E-state index contributed by atoms with van der Waals surface area (Å²) >= 11 is 6.27. The van der Waals surface area contributed by atoms with Crippen LogP contribution in [-0.4, -0.2) is 42.4 Å². The van der Waals surface area contributed by atoms with Gasteiger partial charge in [0.2, 0.25) is 0 Å². The van der Waals surface area contributed by atoms with Gasteiger partial charge >= 0.3 is 0 Å². The van der Waals surface area contributed by atoms with Gasteiger partial charge in [0, 0.05) is 6.54 Å². The predicted molar refractivity (Wildman–Crippen MR) is 84.8 cm³/mol. The van der Waals surface area contributed by atoms with Crippen molar-refractivity contribution in [2.75, 3.05) is 27.7 Å². The minimum absolute atomic E-state index is 0.336. The maximum absolute atomic E-state index is 6.38. The number of aromatic nitrogens is 2. The topological polar surface area (TPSA) is 56.3 Å². The highest BCUT2D eigenvalue weighted by Crippen LogP contribution is 2.28. The Morgan fingerprint density at radius 2 is 2.19 bits per heavy atom. The molecule has 0 bridgehead atoms. The molecule has 0 spiro atoms. The van der Waals surface area contributed by atoms with Gasteiger partial charge in [0.25, 0.3) is 0 Å². The molecule has 5 nitrogen and oxygen atoms in total. The molecule has 1 unspecified atom stereocenters. The van der Waals surface area contributed by atoms with Gasteiger partial charge in [0.15, 0.2) is 0 Å². The Kier molecular flexibility index (Phi) is 5.22. The second-order valence-corrected chi connectivity index (χ2v) is 5.57. The van der Waals surface area contributed by atoms with Gasteiger partial charge in [-0.1, -0.05) is 23.7 Å². The first kappa shape index (κ1) is 15.8. The second kappa shape index (κ2) is 6.93. The quantitative estimate of drug-likeness (QED) is 0.888. The Morgan fingerprint density at radius 1 is 1.43 bits per heavy atom. The summed E-state index contributed by atoms with van der Waals surface area (Å²) in [6.07, 6.45) is 1.65. The van der Waals surface area contributed by atoms with Gasteiger partial charge in [-0.2, -0.15) is 5.10 Å². The Morgan fingerprint density at radius 3 is 2.86 bits per heavy atom. The maximum Gasteiger partial charge on any atom is 0.119 e. The van der Waals surface area contributed by atoms with Crippen LogP contribution in [0, 0.1) is 0 Å². The molecular formula is C15H21ClN4O. The fraction of sp³-hybridized carbons (Fsp3) is 0.400. The summed E-state index contributed by atoms with van der Waals surface area (Å²) in [5.74, 6) is 0.776. The maximum atomic E-state index is 6.38. The highest BCUT2D eigenvalue weighted by atomic mass is 35.5. The number of benzene rings is 1. The van der Waals surface area contributed by atoms with Gasteiger partial charge < -0.3 is 15.4 Å². The van der Waals surface area contributed by atoms with E-state index < -0.39 is 0 Å². The third-order valence-electron chi connectivity index (χ3n) is 3.34. The van der Waals surface area contributed by atoms with Crippen LogP contribution in [0.15, 0.2) is 30.5 Å². The fourth-order valence-corrected chi connectivity index (χ4v) is 2.41. The zero-order chi connectivity index (χ0) is 15.4. The first-order valence-corrected chi connectivity index (χ1v) is 7.16. The molecule has 0 radical (unpaired) electrons. The van der Waals surface area contributed by atoms with Crippen LogP contribution in [0.4, 0.5) is 0 Å². The smallest absolute Gasteiger partial charge is 0.119 e. The van der Waals surface area contributed by atoms with Crippen LogP contribution in [-0.2, 0) is 6.54 Å². The summed E-state index contributed by atoms with van der Waals surface area (Å²) in [5, 5.41) is 4.91. The van der Waals surface area contributed by atoms with Crippen molar-refractivity contribution in [1.29, 1.82) is 0 Å². The predicted octanol–water partition coefficient (Wildman–Crippen LogP) is 2.15. The molecule has 1 atom stereocenters. The lowest BCUT2D eigenvalue weighted by Crippen LogP contribution is -2.23. The lowest BCUT2D eigenvalue weighted by Gasteiger charge is -2.17. The largest absolute Gasteiger partial charge is 0.497 e. The Balaban J connectivity index is 2.29. The van der Waals surface area contributed by atoms with E-state index in [0.717, 1.165) is 30.1 Å².